The summed E-state index contributed by atoms with van der Waals surface area (Å²) < 4.78 is 7.66. The molecule has 4 rings (SSSR count). The molecule has 1 heterocycles. The van der Waals surface area contributed by atoms with Crippen molar-refractivity contribution in [3.05, 3.63) is 123 Å². The van der Waals surface area contributed by atoms with Gasteiger partial charge in [-0.3, -0.25) is 14.9 Å². The number of nitrogens with zero attached hydrogens (tertiary/aromatic N) is 2. The average molecular weight is 504 g/mol. The van der Waals surface area contributed by atoms with E-state index in [0.717, 1.165) is 17.4 Å². The third kappa shape index (κ3) is 5.13. The number of nitro benzene ring substituents is 1. The second kappa shape index (κ2) is 10.5. The molecule has 0 radical (unpaired) electrons. The number of nitrogens with one attached hydrogen (secondary N) is 1. The normalized spacial score (nSPS) is 11.5. The smallest absolute Gasteiger partial charge is 0.341 e. The van der Waals surface area contributed by atoms with E-state index in [-0.39, 0.29) is 16.4 Å². The van der Waals surface area contributed by atoms with Crippen molar-refractivity contribution in [1.29, 1.82) is 0 Å². The number of anilines is 1. The Morgan fingerprint density at radius 2 is 1.61 bits per heavy atom. The van der Waals surface area contributed by atoms with Crippen molar-refractivity contribution in [2.45, 2.75) is 20.0 Å². The Kier molecular flexibility index (Phi) is 7.17. The molecule has 0 aliphatic carbocycles. The number of para-hydroxylation sites is 1. The summed E-state index contributed by atoms with van der Waals surface area (Å²) in [6.45, 7) is 3.69. The Morgan fingerprint density at radius 3 is 2.22 bits per heavy atom. The Hall–Kier alpha value is -4.43. The fourth-order valence-corrected chi connectivity index (χ4v) is 4.15. The number of hydrogen-bond donors (Lipinski definition) is 1. The van der Waals surface area contributed by atoms with Gasteiger partial charge in [-0.25, -0.2) is 4.79 Å². The van der Waals surface area contributed by atoms with E-state index >= 15 is 0 Å². The van der Waals surface area contributed by atoms with Crippen molar-refractivity contribution in [3.63, 3.8) is 0 Å². The SMILES string of the molecule is Cc1cc(C(=O)O[C@H](C(=O)Nc2ccc([N+](=O)[O-])cc2Cl)c2ccccc2)c(C)n1-c1ccccc1. The van der Waals surface area contributed by atoms with Crippen molar-refractivity contribution in [1.82, 2.24) is 4.57 Å². The number of aryl methyl sites for hydroxylation is 1. The molecule has 0 bridgehead atoms. The maximum absolute atomic E-state index is 13.3. The number of carbonyl (C=O) groups is 2. The lowest BCUT2D eigenvalue weighted by molar-refractivity contribution is -0.384. The Balaban J connectivity index is 1.63. The number of hydrogen-bond acceptors (Lipinski definition) is 5. The summed E-state index contributed by atoms with van der Waals surface area (Å²) >= 11 is 6.14. The molecule has 4 aromatic rings. The summed E-state index contributed by atoms with van der Waals surface area (Å²) in [5.74, 6) is -1.31. The maximum atomic E-state index is 13.3. The van der Waals surface area contributed by atoms with Gasteiger partial charge in [0.1, 0.15) is 0 Å². The van der Waals surface area contributed by atoms with Crippen molar-refractivity contribution < 1.29 is 19.2 Å². The maximum Gasteiger partial charge on any atom is 0.341 e. The Labute approximate surface area is 212 Å². The first-order valence-corrected chi connectivity index (χ1v) is 11.4. The van der Waals surface area contributed by atoms with Crippen molar-refractivity contribution >= 4 is 34.9 Å². The van der Waals surface area contributed by atoms with Crippen molar-refractivity contribution in [3.8, 4) is 5.69 Å². The summed E-state index contributed by atoms with van der Waals surface area (Å²) in [6, 6.07) is 23.6. The molecule has 0 saturated heterocycles. The molecule has 9 heteroatoms. The highest BCUT2D eigenvalue weighted by Crippen LogP contribution is 2.29. The summed E-state index contributed by atoms with van der Waals surface area (Å²) in [5.41, 5.74) is 3.15. The number of non-ortho nitro benzene ring substituents is 1. The van der Waals surface area contributed by atoms with Gasteiger partial charge in [0.15, 0.2) is 0 Å². The first-order valence-electron chi connectivity index (χ1n) is 11.0. The van der Waals surface area contributed by atoms with Crippen LogP contribution in [0.3, 0.4) is 0 Å². The fraction of sp³-hybridized carbons (Fsp3) is 0.111. The second-order valence-corrected chi connectivity index (χ2v) is 8.47. The van der Waals surface area contributed by atoms with E-state index in [4.69, 9.17) is 16.3 Å². The molecule has 3 aromatic carbocycles. The fourth-order valence-electron chi connectivity index (χ4n) is 3.93. The Bertz CT molecular complexity index is 1430. The monoisotopic (exact) mass is 503 g/mol. The zero-order chi connectivity index (χ0) is 25.8. The number of ether oxygens (including phenoxy) is 1. The lowest BCUT2D eigenvalue weighted by atomic mass is 10.1. The number of aromatic nitrogens is 1. The van der Waals surface area contributed by atoms with Crippen LogP contribution in [0.1, 0.15) is 33.4 Å². The molecule has 1 amide bonds. The minimum Gasteiger partial charge on any atom is -0.444 e. The first kappa shape index (κ1) is 24.7. The molecule has 182 valence electrons. The molecule has 1 atom stereocenters. The predicted octanol–water partition coefficient (Wildman–Crippen LogP) is 6.19. The molecule has 1 aromatic heterocycles. The Morgan fingerprint density at radius 1 is 0.972 bits per heavy atom. The van der Waals surface area contributed by atoms with Gasteiger partial charge in [0.25, 0.3) is 11.6 Å². The van der Waals surface area contributed by atoms with Gasteiger partial charge in [0.2, 0.25) is 6.10 Å². The van der Waals surface area contributed by atoms with Crippen LogP contribution in [0.2, 0.25) is 5.02 Å². The van der Waals surface area contributed by atoms with Crippen LogP contribution in [0.15, 0.2) is 84.9 Å². The van der Waals surface area contributed by atoms with Crippen LogP contribution >= 0.6 is 11.6 Å². The van der Waals surface area contributed by atoms with E-state index in [9.17, 15) is 19.7 Å². The van der Waals surface area contributed by atoms with Crippen molar-refractivity contribution in [2.24, 2.45) is 0 Å². The molecular weight excluding hydrogens is 482 g/mol. The van der Waals surface area contributed by atoms with Gasteiger partial charge in [0.05, 0.1) is 21.2 Å². The van der Waals surface area contributed by atoms with Crippen LogP contribution in [0.5, 0.6) is 0 Å². The summed E-state index contributed by atoms with van der Waals surface area (Å²) in [6.07, 6.45) is -1.29. The van der Waals surface area contributed by atoms with Crippen LogP contribution < -0.4 is 5.32 Å². The lowest BCUT2D eigenvalue weighted by Gasteiger charge is -2.18. The number of esters is 1. The highest BCUT2D eigenvalue weighted by atomic mass is 35.5. The topological polar surface area (TPSA) is 103 Å². The van der Waals surface area contributed by atoms with Crippen LogP contribution in [-0.4, -0.2) is 21.4 Å². The lowest BCUT2D eigenvalue weighted by Crippen LogP contribution is -2.26. The third-order valence-corrected chi connectivity index (χ3v) is 5.96. The standard InChI is InChI=1S/C27H22ClN3O5/c1-17-15-22(18(2)30(17)20-11-7-4-8-12-20)27(33)36-25(19-9-5-3-6-10-19)26(32)29-24-14-13-21(31(34)35)16-23(24)28/h3-16,25H,1-2H3,(H,29,32)/t25-/m0/s1. The highest BCUT2D eigenvalue weighted by Gasteiger charge is 2.28. The number of amides is 1. The van der Waals surface area contributed by atoms with Gasteiger partial charge in [-0.2, -0.15) is 0 Å². The van der Waals surface area contributed by atoms with Gasteiger partial charge in [-0.15, -0.1) is 0 Å². The zero-order valence-electron chi connectivity index (χ0n) is 19.5. The summed E-state index contributed by atoms with van der Waals surface area (Å²) in [5, 5.41) is 13.6. The van der Waals surface area contributed by atoms with Crippen LogP contribution in [-0.2, 0) is 9.53 Å². The van der Waals surface area contributed by atoms with E-state index < -0.39 is 22.9 Å². The zero-order valence-corrected chi connectivity index (χ0v) is 20.2. The number of carbonyl (C=O) groups excluding carboxylic acids is 2. The number of rotatable bonds is 7. The quantitative estimate of drug-likeness (QED) is 0.184. The minimum absolute atomic E-state index is 0.0119. The van der Waals surface area contributed by atoms with Crippen molar-refractivity contribution in [2.75, 3.05) is 5.32 Å². The van der Waals surface area contributed by atoms with E-state index in [1.807, 2.05) is 48.7 Å². The summed E-state index contributed by atoms with van der Waals surface area (Å²) in [7, 11) is 0. The van der Waals surface area contributed by atoms with Gasteiger partial charge < -0.3 is 14.6 Å². The molecule has 0 fully saturated rings. The first-order chi connectivity index (χ1) is 17.3. The van der Waals surface area contributed by atoms with E-state index in [1.54, 1.807) is 36.4 Å². The molecule has 8 nitrogen and oxygen atoms in total. The van der Waals surface area contributed by atoms with Gasteiger partial charge >= 0.3 is 5.97 Å². The molecule has 0 aliphatic heterocycles. The third-order valence-electron chi connectivity index (χ3n) is 5.65. The molecule has 0 aliphatic rings. The number of benzene rings is 3. The molecule has 1 N–H and O–H groups in total. The van der Waals surface area contributed by atoms with E-state index in [1.165, 1.54) is 12.1 Å². The molecular formula is C27H22ClN3O5. The average Bonchev–Trinajstić information content (AvgIpc) is 3.18. The number of nitro groups is 1. The van der Waals surface area contributed by atoms with Gasteiger partial charge in [0, 0.05) is 34.8 Å². The van der Waals surface area contributed by atoms with E-state index in [0.29, 0.717) is 16.8 Å². The molecule has 0 unspecified atom stereocenters. The highest BCUT2D eigenvalue weighted by molar-refractivity contribution is 6.34. The predicted molar refractivity (Wildman–Crippen MR) is 137 cm³/mol. The van der Waals surface area contributed by atoms with Crippen LogP contribution in [0, 0.1) is 24.0 Å². The number of halogens is 1. The van der Waals surface area contributed by atoms with Gasteiger partial charge in [-0.05, 0) is 38.1 Å². The largest absolute Gasteiger partial charge is 0.444 e. The minimum atomic E-state index is -1.29. The molecule has 0 saturated carbocycles. The van der Waals surface area contributed by atoms with E-state index in [2.05, 4.69) is 5.32 Å². The van der Waals surface area contributed by atoms with Gasteiger partial charge in [-0.1, -0.05) is 60.1 Å². The second-order valence-electron chi connectivity index (χ2n) is 8.06. The summed E-state index contributed by atoms with van der Waals surface area (Å²) in [4.78, 5) is 36.9. The van der Waals surface area contributed by atoms with Crippen LogP contribution in [0.4, 0.5) is 11.4 Å². The molecule has 36 heavy (non-hydrogen) atoms. The van der Waals surface area contributed by atoms with Crippen LogP contribution in [0.25, 0.3) is 5.69 Å². The molecule has 0 spiro atoms.